The molecule has 3 aromatic carbocycles. The number of nitrogens with one attached hydrogen (secondary N) is 1. The number of carbonyl (C=O) groups excluding carboxylic acids is 2. The number of hydrogen-bond acceptors (Lipinski definition) is 3. The Labute approximate surface area is 173 Å². The molecule has 9 heteroatoms. The number of alkyl halides is 3. The zero-order valence-corrected chi connectivity index (χ0v) is 16.2. The van der Waals surface area contributed by atoms with Crippen molar-refractivity contribution in [2.45, 2.75) is 12.6 Å². The van der Waals surface area contributed by atoms with Crippen LogP contribution in [0.3, 0.4) is 0 Å². The molecule has 0 spiro atoms. The molecule has 4 aromatic rings. The molecule has 1 N–H and O–H groups in total. The predicted molar refractivity (Wildman–Crippen MR) is 110 cm³/mol. The van der Waals surface area contributed by atoms with Gasteiger partial charge in [0, 0.05) is 12.4 Å². The number of hydrogen-bond donors (Lipinski definition) is 1. The van der Waals surface area contributed by atoms with Crippen molar-refractivity contribution in [3.05, 3.63) is 60.4 Å². The van der Waals surface area contributed by atoms with Crippen LogP contribution in [0.1, 0.15) is 12.2 Å². The Balaban J connectivity index is 1.74. The summed E-state index contributed by atoms with van der Waals surface area (Å²) >= 11 is 0. The van der Waals surface area contributed by atoms with Crippen LogP contribution < -0.4 is 10.2 Å². The third kappa shape index (κ3) is 3.00. The predicted octanol–water partition coefficient (Wildman–Crippen LogP) is 4.75. The highest BCUT2D eigenvalue weighted by atomic mass is 19.4. The minimum absolute atomic E-state index is 0.161. The van der Waals surface area contributed by atoms with Crippen molar-refractivity contribution in [2.24, 2.45) is 7.05 Å². The van der Waals surface area contributed by atoms with Crippen molar-refractivity contribution >= 4 is 50.7 Å². The van der Waals surface area contributed by atoms with Gasteiger partial charge in [0.2, 0.25) is 17.6 Å². The number of amides is 2. The number of aromatic nitrogens is 2. The summed E-state index contributed by atoms with van der Waals surface area (Å²) in [5, 5.41) is 4.44. The average Bonchev–Trinajstić information content (AvgIpc) is 2.99. The summed E-state index contributed by atoms with van der Waals surface area (Å²) in [5.74, 6) is -1.96. The molecule has 2 amide bonds. The maximum absolute atomic E-state index is 13.3. The lowest BCUT2D eigenvalue weighted by atomic mass is 10.1. The fourth-order valence-corrected chi connectivity index (χ4v) is 3.97. The number of imidazole rings is 1. The van der Waals surface area contributed by atoms with E-state index in [0.717, 1.165) is 15.3 Å². The molecule has 6 nitrogen and oxygen atoms in total. The van der Waals surface area contributed by atoms with Crippen LogP contribution in [0.15, 0.2) is 54.6 Å². The quantitative estimate of drug-likeness (QED) is 0.449. The van der Waals surface area contributed by atoms with Gasteiger partial charge in [-0.2, -0.15) is 13.2 Å². The lowest BCUT2D eigenvalue weighted by molar-refractivity contribution is -0.146. The van der Waals surface area contributed by atoms with Crippen LogP contribution >= 0.6 is 0 Å². The Morgan fingerprint density at radius 2 is 1.81 bits per heavy atom. The summed E-state index contributed by atoms with van der Waals surface area (Å²) in [5.41, 5.74) is 1.67. The van der Waals surface area contributed by atoms with E-state index in [-0.39, 0.29) is 17.5 Å². The van der Waals surface area contributed by atoms with Crippen LogP contribution in [-0.2, 0) is 22.8 Å². The molecule has 31 heavy (non-hydrogen) atoms. The number of halogens is 3. The number of anilines is 3. The molecule has 0 aliphatic carbocycles. The van der Waals surface area contributed by atoms with Crippen LogP contribution in [0.2, 0.25) is 0 Å². The Hall–Kier alpha value is -3.88. The summed E-state index contributed by atoms with van der Waals surface area (Å²) in [7, 11) is 1.28. The Morgan fingerprint density at radius 3 is 2.58 bits per heavy atom. The number of rotatable bonds is 1. The molecule has 1 aliphatic rings. The normalized spacial score (nSPS) is 14.6. The van der Waals surface area contributed by atoms with Crippen molar-refractivity contribution < 1.29 is 22.8 Å². The molecule has 0 radical (unpaired) electrons. The molecule has 0 saturated carbocycles. The maximum Gasteiger partial charge on any atom is 0.449 e. The number of nitrogens with zero attached hydrogens (tertiary/aromatic N) is 3. The third-order valence-electron chi connectivity index (χ3n) is 5.35. The van der Waals surface area contributed by atoms with Crippen molar-refractivity contribution in [3.63, 3.8) is 0 Å². The molecule has 2 heterocycles. The third-order valence-corrected chi connectivity index (χ3v) is 5.35. The van der Waals surface area contributed by atoms with Crippen LogP contribution in [0.4, 0.5) is 30.2 Å². The summed E-state index contributed by atoms with van der Waals surface area (Å²) in [6.07, 6.45) is -4.99. The van der Waals surface area contributed by atoms with E-state index in [1.165, 1.54) is 30.1 Å². The molecule has 5 rings (SSSR count). The summed E-state index contributed by atoms with van der Waals surface area (Å²) in [4.78, 5) is 30.4. The fraction of sp³-hybridized carbons (Fsp3) is 0.136. The van der Waals surface area contributed by atoms with Crippen LogP contribution in [0.25, 0.3) is 21.8 Å². The van der Waals surface area contributed by atoms with Crippen LogP contribution in [0.5, 0.6) is 0 Å². The Morgan fingerprint density at radius 1 is 1.03 bits per heavy atom. The van der Waals surface area contributed by atoms with Gasteiger partial charge in [0.05, 0.1) is 28.1 Å². The lowest BCUT2D eigenvalue weighted by Crippen LogP contribution is -2.26. The molecule has 0 bridgehead atoms. The molecule has 0 saturated heterocycles. The van der Waals surface area contributed by atoms with E-state index in [4.69, 9.17) is 0 Å². The van der Waals surface area contributed by atoms with E-state index in [2.05, 4.69) is 10.3 Å². The van der Waals surface area contributed by atoms with E-state index in [9.17, 15) is 22.8 Å². The first-order valence-electron chi connectivity index (χ1n) is 9.42. The molecule has 1 aliphatic heterocycles. The minimum Gasteiger partial charge on any atom is -0.323 e. The molecular formula is C22H15F3N4O2. The first kappa shape index (κ1) is 19.1. The zero-order chi connectivity index (χ0) is 21.9. The number of benzene rings is 3. The highest BCUT2D eigenvalue weighted by Crippen LogP contribution is 2.41. The second kappa shape index (κ2) is 6.56. The van der Waals surface area contributed by atoms with Gasteiger partial charge < -0.3 is 9.88 Å². The van der Waals surface area contributed by atoms with Gasteiger partial charge in [-0.1, -0.05) is 30.3 Å². The van der Waals surface area contributed by atoms with Gasteiger partial charge >= 0.3 is 6.18 Å². The molecule has 0 unspecified atom stereocenters. The monoisotopic (exact) mass is 424 g/mol. The van der Waals surface area contributed by atoms with Gasteiger partial charge in [-0.05, 0) is 29.7 Å². The Bertz CT molecular complexity index is 1390. The lowest BCUT2D eigenvalue weighted by Gasteiger charge is -2.23. The standard InChI is InChI=1S/C22H15F3N4O2/c1-28-17-10-13(7-8-15(17)26-21(28)22(23,24)25)29-16-9-6-12-4-2-3-5-14(12)20(16)27-18(30)11-19(29)31/h2-10H,11H2,1H3,(H,27,30). The van der Waals surface area contributed by atoms with Crippen LogP contribution in [-0.4, -0.2) is 21.4 Å². The topological polar surface area (TPSA) is 67.2 Å². The maximum atomic E-state index is 13.3. The molecular weight excluding hydrogens is 409 g/mol. The van der Waals surface area contributed by atoms with Crippen LogP contribution in [0, 0.1) is 0 Å². The van der Waals surface area contributed by atoms with Gasteiger partial charge in [0.1, 0.15) is 6.42 Å². The minimum atomic E-state index is -4.60. The average molecular weight is 424 g/mol. The van der Waals surface area contributed by atoms with Crippen molar-refractivity contribution in [1.29, 1.82) is 0 Å². The summed E-state index contributed by atoms with van der Waals surface area (Å²) in [6.45, 7) is 0. The van der Waals surface area contributed by atoms with Crippen molar-refractivity contribution in [2.75, 3.05) is 10.2 Å². The molecule has 0 atom stereocenters. The summed E-state index contributed by atoms with van der Waals surface area (Å²) in [6, 6.07) is 15.4. The second-order valence-electron chi connectivity index (χ2n) is 7.30. The van der Waals surface area contributed by atoms with Gasteiger partial charge in [-0.15, -0.1) is 0 Å². The first-order chi connectivity index (χ1) is 14.7. The van der Waals surface area contributed by atoms with Gasteiger partial charge in [0.25, 0.3) is 0 Å². The van der Waals surface area contributed by atoms with Crippen molar-refractivity contribution in [1.82, 2.24) is 9.55 Å². The number of fused-ring (bicyclic) bond motifs is 4. The van der Waals surface area contributed by atoms with Gasteiger partial charge in [-0.25, -0.2) is 4.98 Å². The van der Waals surface area contributed by atoms with E-state index in [1.807, 2.05) is 30.3 Å². The Kier molecular flexibility index (Phi) is 4.04. The SMILES string of the molecule is Cn1c(C(F)(F)F)nc2ccc(N3C(=O)CC(=O)Nc4c3ccc3ccccc43)cc21. The van der Waals surface area contributed by atoms with E-state index >= 15 is 0 Å². The van der Waals surface area contributed by atoms with Crippen molar-refractivity contribution in [3.8, 4) is 0 Å². The van der Waals surface area contributed by atoms with Gasteiger partial charge in [-0.3, -0.25) is 14.5 Å². The second-order valence-corrected chi connectivity index (χ2v) is 7.30. The highest BCUT2D eigenvalue weighted by Gasteiger charge is 2.37. The van der Waals surface area contributed by atoms with E-state index in [0.29, 0.717) is 17.1 Å². The molecule has 0 fully saturated rings. The summed E-state index contributed by atoms with van der Waals surface area (Å²) < 4.78 is 40.7. The number of carbonyl (C=O) groups is 2. The first-order valence-corrected chi connectivity index (χ1v) is 9.42. The fourth-order valence-electron chi connectivity index (χ4n) is 3.97. The molecule has 1 aromatic heterocycles. The number of aryl methyl sites for hydroxylation is 1. The molecule has 156 valence electrons. The van der Waals surface area contributed by atoms with E-state index in [1.54, 1.807) is 6.07 Å². The largest absolute Gasteiger partial charge is 0.449 e. The van der Waals surface area contributed by atoms with E-state index < -0.39 is 23.8 Å². The smallest absolute Gasteiger partial charge is 0.323 e. The van der Waals surface area contributed by atoms with Gasteiger partial charge in [0.15, 0.2) is 0 Å². The highest BCUT2D eigenvalue weighted by molar-refractivity contribution is 6.21. The zero-order valence-electron chi connectivity index (χ0n) is 16.2.